The number of carbonyl (C=O) groups excluding carboxylic acids is 1. The Kier molecular flexibility index (Phi) is 8.40. The highest BCUT2D eigenvalue weighted by Gasteiger charge is 2.11. The maximum absolute atomic E-state index is 11.6. The van der Waals surface area contributed by atoms with Crippen LogP contribution in [-0.2, 0) is 21.4 Å². The van der Waals surface area contributed by atoms with E-state index in [-0.39, 0.29) is 23.2 Å². The van der Waals surface area contributed by atoms with Crippen LogP contribution in [0.3, 0.4) is 0 Å². The summed E-state index contributed by atoms with van der Waals surface area (Å²) in [6.45, 7) is 0.926. The summed E-state index contributed by atoms with van der Waals surface area (Å²) in [5.74, 6) is -0.0729. The molecule has 1 amide bonds. The van der Waals surface area contributed by atoms with Crippen LogP contribution in [0.1, 0.15) is 12.0 Å². The molecule has 0 atom stereocenters. The number of rotatable bonds is 7. The first-order valence-electron chi connectivity index (χ1n) is 5.93. The van der Waals surface area contributed by atoms with E-state index in [1.54, 1.807) is 25.2 Å². The van der Waals surface area contributed by atoms with E-state index in [0.717, 1.165) is 5.56 Å². The van der Waals surface area contributed by atoms with Gasteiger partial charge in [-0.1, -0.05) is 12.1 Å². The molecule has 6 nitrogen and oxygen atoms in total. The molecule has 8 heteroatoms. The largest absolute Gasteiger partial charge is 0.352 e. The fourth-order valence-corrected chi connectivity index (χ4v) is 2.27. The predicted octanol–water partition coefficient (Wildman–Crippen LogP) is 0.242. The zero-order chi connectivity index (χ0) is 14.3. The number of hydrogen-bond donors (Lipinski definition) is 3. The van der Waals surface area contributed by atoms with Crippen LogP contribution in [0.2, 0.25) is 0 Å². The maximum atomic E-state index is 11.6. The van der Waals surface area contributed by atoms with Crippen molar-refractivity contribution in [2.45, 2.75) is 17.9 Å². The zero-order valence-electron chi connectivity index (χ0n) is 11.5. The van der Waals surface area contributed by atoms with Gasteiger partial charge in [-0.2, -0.15) is 0 Å². The summed E-state index contributed by atoms with van der Waals surface area (Å²) < 4.78 is 25.5. The molecule has 114 valence electrons. The highest BCUT2D eigenvalue weighted by Crippen LogP contribution is 2.10. The number of halogens is 1. The molecule has 0 saturated carbocycles. The van der Waals surface area contributed by atoms with Gasteiger partial charge in [-0.05, 0) is 31.8 Å². The van der Waals surface area contributed by atoms with Crippen LogP contribution in [0.4, 0.5) is 0 Å². The maximum Gasteiger partial charge on any atom is 0.240 e. The Morgan fingerprint density at radius 3 is 2.55 bits per heavy atom. The lowest BCUT2D eigenvalue weighted by Crippen LogP contribution is -2.26. The smallest absolute Gasteiger partial charge is 0.240 e. The van der Waals surface area contributed by atoms with Gasteiger partial charge in [0, 0.05) is 19.5 Å². The van der Waals surface area contributed by atoms with Gasteiger partial charge in [-0.3, -0.25) is 4.79 Å². The Balaban J connectivity index is 0.00000361. The van der Waals surface area contributed by atoms with Crippen LogP contribution in [0.15, 0.2) is 29.2 Å². The molecular weight excluding hydrogens is 302 g/mol. The third-order valence-corrected chi connectivity index (χ3v) is 3.98. The molecule has 0 unspecified atom stereocenters. The molecule has 0 aliphatic rings. The van der Waals surface area contributed by atoms with Crippen molar-refractivity contribution in [1.82, 2.24) is 15.4 Å². The Morgan fingerprint density at radius 1 is 1.25 bits per heavy atom. The Morgan fingerprint density at radius 2 is 1.95 bits per heavy atom. The molecule has 0 radical (unpaired) electrons. The van der Waals surface area contributed by atoms with Crippen molar-refractivity contribution in [2.24, 2.45) is 0 Å². The minimum Gasteiger partial charge on any atom is -0.352 e. The van der Waals surface area contributed by atoms with E-state index in [9.17, 15) is 13.2 Å². The summed E-state index contributed by atoms with van der Waals surface area (Å²) in [7, 11) is -0.306. The molecule has 0 saturated heterocycles. The average Bonchev–Trinajstić information content (AvgIpc) is 2.43. The highest BCUT2D eigenvalue weighted by atomic mass is 35.5. The summed E-state index contributed by atoms with van der Waals surface area (Å²) >= 11 is 0. The van der Waals surface area contributed by atoms with Crippen molar-refractivity contribution in [3.63, 3.8) is 0 Å². The first-order chi connectivity index (χ1) is 8.99. The molecule has 3 N–H and O–H groups in total. The molecule has 1 aromatic carbocycles. The van der Waals surface area contributed by atoms with Gasteiger partial charge >= 0.3 is 0 Å². The number of carbonyl (C=O) groups is 1. The summed E-state index contributed by atoms with van der Waals surface area (Å²) in [4.78, 5) is 11.6. The van der Waals surface area contributed by atoms with Gasteiger partial charge in [0.15, 0.2) is 0 Å². The van der Waals surface area contributed by atoms with Crippen molar-refractivity contribution >= 4 is 28.3 Å². The second-order valence-electron chi connectivity index (χ2n) is 3.99. The Labute approximate surface area is 125 Å². The van der Waals surface area contributed by atoms with E-state index in [1.165, 1.54) is 13.1 Å². The highest BCUT2D eigenvalue weighted by molar-refractivity contribution is 7.89. The van der Waals surface area contributed by atoms with E-state index in [2.05, 4.69) is 15.4 Å². The van der Waals surface area contributed by atoms with E-state index in [1.807, 2.05) is 0 Å². The van der Waals surface area contributed by atoms with Crippen molar-refractivity contribution in [3.8, 4) is 0 Å². The third kappa shape index (κ3) is 5.87. The van der Waals surface area contributed by atoms with Gasteiger partial charge in [0.05, 0.1) is 4.90 Å². The second kappa shape index (κ2) is 8.91. The van der Waals surface area contributed by atoms with Crippen molar-refractivity contribution in [1.29, 1.82) is 0 Å². The van der Waals surface area contributed by atoms with Gasteiger partial charge in [0.25, 0.3) is 0 Å². The lowest BCUT2D eigenvalue weighted by Gasteiger charge is -2.07. The van der Waals surface area contributed by atoms with Crippen molar-refractivity contribution in [3.05, 3.63) is 29.8 Å². The summed E-state index contributed by atoms with van der Waals surface area (Å²) in [5, 5.41) is 5.62. The number of hydrogen-bond acceptors (Lipinski definition) is 4. The topological polar surface area (TPSA) is 87.3 Å². The third-order valence-electron chi connectivity index (χ3n) is 2.57. The van der Waals surface area contributed by atoms with Crippen LogP contribution >= 0.6 is 12.4 Å². The van der Waals surface area contributed by atoms with Crippen molar-refractivity contribution < 1.29 is 13.2 Å². The minimum absolute atomic E-state index is 0. The number of amides is 1. The summed E-state index contributed by atoms with van der Waals surface area (Å²) in [6.07, 6.45) is 0.394. The molecule has 1 rings (SSSR count). The van der Waals surface area contributed by atoms with Gasteiger partial charge in [-0.25, -0.2) is 13.1 Å². The molecule has 0 bridgehead atoms. The fraction of sp³-hybridized carbons (Fsp3) is 0.417. The number of benzene rings is 1. The van der Waals surface area contributed by atoms with E-state index >= 15 is 0 Å². The molecular formula is C12H20ClN3O3S. The molecule has 0 spiro atoms. The summed E-state index contributed by atoms with van der Waals surface area (Å²) in [5.41, 5.74) is 0.745. The lowest BCUT2D eigenvalue weighted by atomic mass is 10.2. The Hall–Kier alpha value is -1.15. The van der Waals surface area contributed by atoms with Gasteiger partial charge in [0.1, 0.15) is 0 Å². The van der Waals surface area contributed by atoms with Gasteiger partial charge in [0.2, 0.25) is 15.9 Å². The fourth-order valence-electron chi connectivity index (χ4n) is 1.47. The molecule has 0 fully saturated rings. The molecule has 0 aliphatic carbocycles. The summed E-state index contributed by atoms with van der Waals surface area (Å²) in [6, 6.07) is 6.48. The molecule has 0 heterocycles. The second-order valence-corrected chi connectivity index (χ2v) is 5.87. The first kappa shape index (κ1) is 18.9. The van der Waals surface area contributed by atoms with Gasteiger partial charge in [-0.15, -0.1) is 12.4 Å². The monoisotopic (exact) mass is 321 g/mol. The molecule has 20 heavy (non-hydrogen) atoms. The van der Waals surface area contributed by atoms with Crippen LogP contribution in [-0.4, -0.2) is 35.0 Å². The number of nitrogens with one attached hydrogen (secondary N) is 3. The standard InChI is InChI=1S/C12H19N3O3S.ClH/c1-13-7-6-12(16)15-9-10-4-3-5-11(8-10)19(17,18)14-2;/h3-5,8,13-14H,6-7,9H2,1-2H3,(H,15,16);1H. The first-order valence-corrected chi connectivity index (χ1v) is 7.41. The van der Waals surface area contributed by atoms with Crippen LogP contribution < -0.4 is 15.4 Å². The average molecular weight is 322 g/mol. The minimum atomic E-state index is -3.45. The number of sulfonamides is 1. The Bertz CT molecular complexity index is 535. The molecule has 0 aliphatic heterocycles. The van der Waals surface area contributed by atoms with E-state index in [4.69, 9.17) is 0 Å². The predicted molar refractivity (Wildman–Crippen MR) is 80.3 cm³/mol. The molecule has 0 aromatic heterocycles. The SMILES string of the molecule is CNCCC(=O)NCc1cccc(S(=O)(=O)NC)c1.Cl. The van der Waals surface area contributed by atoms with Crippen LogP contribution in [0.25, 0.3) is 0 Å². The normalized spacial score (nSPS) is 10.7. The molecule has 1 aromatic rings. The zero-order valence-corrected chi connectivity index (χ0v) is 13.1. The van der Waals surface area contributed by atoms with Crippen LogP contribution in [0.5, 0.6) is 0 Å². The quantitative estimate of drug-likeness (QED) is 0.671. The van der Waals surface area contributed by atoms with Gasteiger partial charge < -0.3 is 10.6 Å². The van der Waals surface area contributed by atoms with Crippen molar-refractivity contribution in [2.75, 3.05) is 20.6 Å². The van der Waals surface area contributed by atoms with E-state index < -0.39 is 10.0 Å². The lowest BCUT2D eigenvalue weighted by molar-refractivity contribution is -0.121. The van der Waals surface area contributed by atoms with Crippen LogP contribution in [0, 0.1) is 0 Å². The van der Waals surface area contributed by atoms with E-state index in [0.29, 0.717) is 19.5 Å².